The van der Waals surface area contributed by atoms with Crippen molar-refractivity contribution in [3.05, 3.63) is 0 Å². The summed E-state index contributed by atoms with van der Waals surface area (Å²) in [6.45, 7) is 2.07. The topological polar surface area (TPSA) is 40.5 Å². The van der Waals surface area contributed by atoms with Gasteiger partial charge in [0.25, 0.3) is 0 Å². The van der Waals surface area contributed by atoms with Crippen LogP contribution in [0.25, 0.3) is 0 Å². The van der Waals surface area contributed by atoms with Gasteiger partial charge < -0.3 is 5.11 Å². The molecule has 0 aromatic rings. The van der Waals surface area contributed by atoms with Gasteiger partial charge in [-0.15, -0.1) is 0 Å². The summed E-state index contributed by atoms with van der Waals surface area (Å²) in [5.74, 6) is -1.68. The Hall–Kier alpha value is -0.780. The average Bonchev–Trinajstić information content (AvgIpc) is 1.77. The van der Waals surface area contributed by atoms with E-state index in [1.54, 1.807) is 0 Å². The molecule has 1 aliphatic heterocycles. The number of nitrogens with zero attached hydrogens (tertiary/aromatic N) is 1. The van der Waals surface area contributed by atoms with Crippen molar-refractivity contribution in [1.29, 1.82) is 0 Å². The normalized spacial score (nSPS) is 20.6. The number of carboxylic acids is 1. The lowest BCUT2D eigenvalue weighted by Crippen LogP contribution is -2.64. The molecule has 0 unspecified atom stereocenters. The maximum Gasteiger partial charge on any atom is 0.406 e. The molecule has 6 heteroatoms. The van der Waals surface area contributed by atoms with Crippen LogP contribution in [0.15, 0.2) is 0 Å². The van der Waals surface area contributed by atoms with Crippen LogP contribution in [0.4, 0.5) is 13.2 Å². The van der Waals surface area contributed by atoms with Crippen molar-refractivity contribution >= 4 is 5.97 Å². The summed E-state index contributed by atoms with van der Waals surface area (Å²) in [5, 5.41) is 8.51. The Morgan fingerprint density at radius 2 is 1.79 bits per heavy atom. The van der Waals surface area contributed by atoms with E-state index in [1.807, 2.05) is 0 Å². The van der Waals surface area contributed by atoms with Crippen LogP contribution in [0.2, 0.25) is 0 Å². The van der Waals surface area contributed by atoms with Crippen molar-refractivity contribution in [2.24, 2.45) is 5.92 Å². The van der Waals surface area contributed by atoms with Crippen LogP contribution in [0, 0.1) is 5.92 Å². The lowest BCUT2D eigenvalue weighted by atomic mass is 9.91. The molecule has 1 aliphatic rings. The van der Waals surface area contributed by atoms with Gasteiger partial charge in [0.05, 0.1) is 5.92 Å². The molecule has 1 saturated heterocycles. The zero-order valence-electron chi connectivity index (χ0n) is 7.93. The maximum absolute atomic E-state index is 12.4. The highest BCUT2D eigenvalue weighted by Gasteiger charge is 2.55. The molecular formula is C8H12F3NO2. The van der Waals surface area contributed by atoms with Crippen LogP contribution in [0.3, 0.4) is 0 Å². The highest BCUT2D eigenvalue weighted by atomic mass is 19.4. The lowest BCUT2D eigenvalue weighted by molar-refractivity contribution is -0.237. The highest BCUT2D eigenvalue weighted by molar-refractivity contribution is 5.71. The van der Waals surface area contributed by atoms with Crippen LogP contribution in [0.5, 0.6) is 0 Å². The molecule has 1 rings (SSSR count). The Morgan fingerprint density at radius 3 is 2.07 bits per heavy atom. The number of halogens is 3. The summed E-state index contributed by atoms with van der Waals surface area (Å²) in [7, 11) is 0. The van der Waals surface area contributed by atoms with Crippen molar-refractivity contribution in [3.63, 3.8) is 0 Å². The average molecular weight is 211 g/mol. The van der Waals surface area contributed by atoms with E-state index >= 15 is 0 Å². The molecule has 1 heterocycles. The van der Waals surface area contributed by atoms with Crippen LogP contribution < -0.4 is 0 Å². The Morgan fingerprint density at radius 1 is 1.36 bits per heavy atom. The van der Waals surface area contributed by atoms with Crippen molar-refractivity contribution < 1.29 is 23.1 Å². The van der Waals surface area contributed by atoms with Gasteiger partial charge in [-0.1, -0.05) is 0 Å². The van der Waals surface area contributed by atoms with Crippen LogP contribution >= 0.6 is 0 Å². The van der Waals surface area contributed by atoms with E-state index in [1.165, 1.54) is 0 Å². The summed E-state index contributed by atoms with van der Waals surface area (Å²) >= 11 is 0. The van der Waals surface area contributed by atoms with Crippen molar-refractivity contribution in [3.8, 4) is 0 Å². The first-order valence-electron chi connectivity index (χ1n) is 4.21. The van der Waals surface area contributed by atoms with Gasteiger partial charge in [0.2, 0.25) is 0 Å². The number of aliphatic carboxylic acids is 1. The molecule has 0 saturated carbocycles. The zero-order chi connectivity index (χ0) is 11.1. The summed E-state index contributed by atoms with van der Waals surface area (Å²) in [6, 6.07) is 0. The molecule has 3 nitrogen and oxygen atoms in total. The van der Waals surface area contributed by atoms with Crippen molar-refractivity contribution in [1.82, 2.24) is 4.90 Å². The number of rotatable bonds is 2. The van der Waals surface area contributed by atoms with E-state index < -0.39 is 23.6 Å². The van der Waals surface area contributed by atoms with Gasteiger partial charge in [-0.25, -0.2) is 0 Å². The van der Waals surface area contributed by atoms with Crippen LogP contribution in [0.1, 0.15) is 13.8 Å². The predicted octanol–water partition coefficient (Wildman–Crippen LogP) is 1.34. The molecule has 14 heavy (non-hydrogen) atoms. The van der Waals surface area contributed by atoms with Crippen LogP contribution in [-0.4, -0.2) is 40.8 Å². The fraction of sp³-hybridized carbons (Fsp3) is 0.875. The van der Waals surface area contributed by atoms with Crippen molar-refractivity contribution in [2.45, 2.75) is 25.6 Å². The number of alkyl halides is 3. The largest absolute Gasteiger partial charge is 0.481 e. The van der Waals surface area contributed by atoms with E-state index in [-0.39, 0.29) is 13.1 Å². The van der Waals surface area contributed by atoms with Gasteiger partial charge in [-0.2, -0.15) is 13.2 Å². The molecule has 1 fully saturated rings. The second kappa shape index (κ2) is 3.12. The molecule has 82 valence electrons. The number of hydrogen-bond acceptors (Lipinski definition) is 2. The van der Waals surface area contributed by atoms with E-state index in [4.69, 9.17) is 5.11 Å². The maximum atomic E-state index is 12.4. The SMILES string of the molecule is CC(C)(N1CC(C(=O)O)C1)C(F)(F)F. The number of carbonyl (C=O) groups is 1. The van der Waals surface area contributed by atoms with Gasteiger partial charge in [-0.05, 0) is 13.8 Å². The Balaban J connectivity index is 2.58. The van der Waals surface area contributed by atoms with Gasteiger partial charge in [0.1, 0.15) is 5.54 Å². The number of carboxylic acid groups (broad SMARTS) is 1. The van der Waals surface area contributed by atoms with E-state index in [9.17, 15) is 18.0 Å². The smallest absolute Gasteiger partial charge is 0.406 e. The molecule has 0 bridgehead atoms. The summed E-state index contributed by atoms with van der Waals surface area (Å²) in [5.41, 5.74) is -1.93. The quantitative estimate of drug-likeness (QED) is 0.749. The van der Waals surface area contributed by atoms with Gasteiger partial charge in [0, 0.05) is 13.1 Å². The Labute approximate surface area is 79.5 Å². The fourth-order valence-electron chi connectivity index (χ4n) is 1.27. The Bertz CT molecular complexity index is 243. The molecule has 0 atom stereocenters. The van der Waals surface area contributed by atoms with E-state index in [0.29, 0.717) is 0 Å². The standard InChI is InChI=1S/C8H12F3NO2/c1-7(2,8(9,10)11)12-3-5(4-12)6(13)14/h5H,3-4H2,1-2H3,(H,13,14). The molecule has 0 aromatic heterocycles. The molecule has 1 N–H and O–H groups in total. The summed E-state index contributed by atoms with van der Waals surface area (Å²) in [6.07, 6.45) is -4.32. The molecule has 0 aromatic carbocycles. The van der Waals surface area contributed by atoms with Crippen LogP contribution in [-0.2, 0) is 4.79 Å². The van der Waals surface area contributed by atoms with E-state index in [0.717, 1.165) is 18.7 Å². The summed E-state index contributed by atoms with van der Waals surface area (Å²) < 4.78 is 37.3. The second-order valence-electron chi connectivity index (χ2n) is 4.00. The first kappa shape index (κ1) is 11.3. The Kier molecular flexibility index (Phi) is 2.51. The zero-order valence-corrected chi connectivity index (χ0v) is 7.93. The van der Waals surface area contributed by atoms with E-state index in [2.05, 4.69) is 0 Å². The molecule has 0 aliphatic carbocycles. The first-order valence-corrected chi connectivity index (χ1v) is 4.21. The van der Waals surface area contributed by atoms with Gasteiger partial charge >= 0.3 is 12.1 Å². The first-order chi connectivity index (χ1) is 6.16. The third-order valence-corrected chi connectivity index (χ3v) is 2.72. The fourth-order valence-corrected chi connectivity index (χ4v) is 1.27. The highest BCUT2D eigenvalue weighted by Crippen LogP contribution is 2.38. The van der Waals surface area contributed by atoms with Crippen molar-refractivity contribution in [2.75, 3.05) is 13.1 Å². The third kappa shape index (κ3) is 1.70. The summed E-state index contributed by atoms with van der Waals surface area (Å²) in [4.78, 5) is 11.5. The minimum Gasteiger partial charge on any atom is -0.481 e. The molecular weight excluding hydrogens is 199 g/mol. The monoisotopic (exact) mass is 211 g/mol. The van der Waals surface area contributed by atoms with Gasteiger partial charge in [-0.3, -0.25) is 9.69 Å². The van der Waals surface area contributed by atoms with Gasteiger partial charge in [0.15, 0.2) is 0 Å². The minimum absolute atomic E-state index is 0.0259. The lowest BCUT2D eigenvalue weighted by Gasteiger charge is -2.48. The third-order valence-electron chi connectivity index (χ3n) is 2.72. The number of likely N-dealkylation sites (tertiary alicyclic amines) is 1. The second-order valence-corrected chi connectivity index (χ2v) is 4.00. The molecule has 0 spiro atoms. The molecule has 0 amide bonds. The molecule has 0 radical (unpaired) electrons. The number of hydrogen-bond donors (Lipinski definition) is 1. The minimum atomic E-state index is -4.32. The predicted molar refractivity (Wildman–Crippen MR) is 42.8 cm³/mol.